The van der Waals surface area contributed by atoms with Crippen LogP contribution in [0, 0.1) is 18.8 Å². The Hall–Kier alpha value is -2.75. The first-order valence-electron chi connectivity index (χ1n) is 10.3. The summed E-state index contributed by atoms with van der Waals surface area (Å²) < 4.78 is 5.89. The molecule has 1 aromatic carbocycles. The molecule has 0 bridgehead atoms. The van der Waals surface area contributed by atoms with Crippen molar-refractivity contribution >= 4 is 39.3 Å². The van der Waals surface area contributed by atoms with Crippen LogP contribution in [-0.2, 0) is 20.9 Å². The Kier molecular flexibility index (Phi) is 6.35. The molecule has 31 heavy (non-hydrogen) atoms. The van der Waals surface area contributed by atoms with Crippen molar-refractivity contribution in [3.05, 3.63) is 40.5 Å². The average molecular weight is 490 g/mol. The number of aromatic nitrogens is 2. The fourth-order valence-electron chi connectivity index (χ4n) is 4.11. The lowest BCUT2D eigenvalue weighted by Gasteiger charge is -2.32. The van der Waals surface area contributed by atoms with E-state index < -0.39 is 0 Å². The molecule has 2 saturated heterocycles. The minimum Gasteiger partial charge on any atom is -0.347 e. The standard InChI is InChI=1S/C21H24BrN5O4/c1-13-24-18(31-25-13)11-23-20(29)14-5-7-26(8-6-14)21(30)15-9-19(28)27(12-15)17-4-2-3-16(22)10-17/h2-4,10,14-15H,5-9,11-12H2,1H3,(H,23,29). The van der Waals surface area contributed by atoms with Gasteiger partial charge in [-0.3, -0.25) is 14.4 Å². The molecule has 2 aliphatic rings. The number of carbonyl (C=O) groups excluding carboxylic acids is 3. The number of likely N-dealkylation sites (tertiary alicyclic amines) is 1. The van der Waals surface area contributed by atoms with E-state index in [1.165, 1.54) is 0 Å². The molecule has 1 atom stereocenters. The number of amides is 3. The third kappa shape index (κ3) is 4.95. The zero-order valence-corrected chi connectivity index (χ0v) is 18.8. The number of halogens is 1. The van der Waals surface area contributed by atoms with Gasteiger partial charge in [0.25, 0.3) is 0 Å². The molecule has 0 aliphatic carbocycles. The molecule has 0 spiro atoms. The van der Waals surface area contributed by atoms with Crippen molar-refractivity contribution in [2.24, 2.45) is 11.8 Å². The van der Waals surface area contributed by atoms with E-state index in [0.29, 0.717) is 44.2 Å². The Morgan fingerprint density at radius 2 is 2.03 bits per heavy atom. The minimum atomic E-state index is -0.349. The molecule has 1 unspecified atom stereocenters. The zero-order valence-electron chi connectivity index (χ0n) is 17.2. The number of nitrogens with zero attached hydrogens (tertiary/aromatic N) is 4. The summed E-state index contributed by atoms with van der Waals surface area (Å²) in [6.07, 6.45) is 1.41. The molecule has 1 aromatic heterocycles. The van der Waals surface area contributed by atoms with E-state index in [9.17, 15) is 14.4 Å². The van der Waals surface area contributed by atoms with Gasteiger partial charge in [0, 0.05) is 42.1 Å². The van der Waals surface area contributed by atoms with Gasteiger partial charge in [-0.05, 0) is 38.0 Å². The lowest BCUT2D eigenvalue weighted by molar-refractivity contribution is -0.139. The topological polar surface area (TPSA) is 109 Å². The summed E-state index contributed by atoms with van der Waals surface area (Å²) in [6.45, 7) is 3.33. The Bertz CT molecular complexity index is 986. The first-order chi connectivity index (χ1) is 14.9. The lowest BCUT2D eigenvalue weighted by Crippen LogP contribution is -2.45. The van der Waals surface area contributed by atoms with E-state index in [-0.39, 0.29) is 42.5 Å². The molecule has 164 valence electrons. The maximum Gasteiger partial charge on any atom is 0.246 e. The van der Waals surface area contributed by atoms with E-state index >= 15 is 0 Å². The van der Waals surface area contributed by atoms with Crippen LogP contribution in [0.1, 0.15) is 31.0 Å². The summed E-state index contributed by atoms with van der Waals surface area (Å²) in [6, 6.07) is 7.52. The largest absolute Gasteiger partial charge is 0.347 e. The maximum absolute atomic E-state index is 13.0. The monoisotopic (exact) mass is 489 g/mol. The molecule has 0 saturated carbocycles. The van der Waals surface area contributed by atoms with Gasteiger partial charge < -0.3 is 19.6 Å². The summed E-state index contributed by atoms with van der Waals surface area (Å²) in [7, 11) is 0. The highest BCUT2D eigenvalue weighted by molar-refractivity contribution is 9.10. The molecule has 0 radical (unpaired) electrons. The van der Waals surface area contributed by atoms with E-state index in [4.69, 9.17) is 4.52 Å². The zero-order chi connectivity index (χ0) is 22.0. The van der Waals surface area contributed by atoms with E-state index in [1.54, 1.807) is 16.7 Å². The third-order valence-corrected chi connectivity index (χ3v) is 6.25. The van der Waals surface area contributed by atoms with E-state index in [0.717, 1.165) is 10.2 Å². The molecular formula is C21H24BrN5O4. The van der Waals surface area contributed by atoms with Gasteiger partial charge in [-0.15, -0.1) is 0 Å². The Labute approximate surface area is 188 Å². The number of anilines is 1. The number of piperidine rings is 1. The first kappa shape index (κ1) is 21.5. The lowest BCUT2D eigenvalue weighted by atomic mass is 9.94. The Morgan fingerprint density at radius 1 is 1.26 bits per heavy atom. The van der Waals surface area contributed by atoms with Gasteiger partial charge in [-0.2, -0.15) is 4.98 Å². The van der Waals surface area contributed by atoms with Crippen LogP contribution < -0.4 is 10.2 Å². The predicted octanol–water partition coefficient (Wildman–Crippen LogP) is 2.05. The molecule has 1 N–H and O–H groups in total. The van der Waals surface area contributed by atoms with Gasteiger partial charge in [-0.1, -0.05) is 27.2 Å². The summed E-state index contributed by atoms with van der Waals surface area (Å²) in [5.41, 5.74) is 0.793. The second-order valence-electron chi connectivity index (χ2n) is 7.94. The van der Waals surface area contributed by atoms with Crippen molar-refractivity contribution in [2.75, 3.05) is 24.5 Å². The molecule has 2 fully saturated rings. The summed E-state index contributed by atoms with van der Waals surface area (Å²) in [5.74, 6) is 0.279. The van der Waals surface area contributed by atoms with E-state index in [2.05, 4.69) is 31.4 Å². The normalized spacial score (nSPS) is 19.7. The smallest absolute Gasteiger partial charge is 0.246 e. The molecule has 10 heteroatoms. The van der Waals surface area contributed by atoms with Gasteiger partial charge in [-0.25, -0.2) is 0 Å². The van der Waals surface area contributed by atoms with Gasteiger partial charge in [0.2, 0.25) is 23.6 Å². The summed E-state index contributed by atoms with van der Waals surface area (Å²) in [5, 5.41) is 6.52. The number of carbonyl (C=O) groups is 3. The second-order valence-corrected chi connectivity index (χ2v) is 8.85. The van der Waals surface area contributed by atoms with Crippen LogP contribution in [0.25, 0.3) is 0 Å². The van der Waals surface area contributed by atoms with Crippen LogP contribution in [0.4, 0.5) is 5.69 Å². The van der Waals surface area contributed by atoms with Gasteiger partial charge in [0.1, 0.15) is 0 Å². The van der Waals surface area contributed by atoms with Gasteiger partial charge in [0.05, 0.1) is 12.5 Å². The van der Waals surface area contributed by atoms with Crippen LogP contribution in [0.2, 0.25) is 0 Å². The van der Waals surface area contributed by atoms with Crippen molar-refractivity contribution in [2.45, 2.75) is 32.7 Å². The maximum atomic E-state index is 13.0. The highest BCUT2D eigenvalue weighted by Gasteiger charge is 2.38. The molecule has 9 nitrogen and oxygen atoms in total. The van der Waals surface area contributed by atoms with Crippen LogP contribution in [-0.4, -0.2) is 52.4 Å². The van der Waals surface area contributed by atoms with Crippen molar-refractivity contribution in [3.8, 4) is 0 Å². The number of hydrogen-bond donors (Lipinski definition) is 1. The van der Waals surface area contributed by atoms with E-state index in [1.807, 2.05) is 24.3 Å². The fraction of sp³-hybridized carbons (Fsp3) is 0.476. The van der Waals surface area contributed by atoms with Crippen LogP contribution in [0.3, 0.4) is 0 Å². The molecule has 2 aromatic rings. The molecule has 3 heterocycles. The van der Waals surface area contributed by atoms with Crippen LogP contribution in [0.5, 0.6) is 0 Å². The summed E-state index contributed by atoms with van der Waals surface area (Å²) in [4.78, 5) is 45.4. The van der Waals surface area contributed by atoms with Crippen molar-refractivity contribution < 1.29 is 18.9 Å². The van der Waals surface area contributed by atoms with Crippen LogP contribution in [0.15, 0.2) is 33.3 Å². The van der Waals surface area contributed by atoms with Crippen molar-refractivity contribution in [1.82, 2.24) is 20.4 Å². The number of rotatable bonds is 5. The average Bonchev–Trinajstić information content (AvgIpc) is 3.37. The third-order valence-electron chi connectivity index (χ3n) is 5.76. The molecule has 2 aliphatic heterocycles. The highest BCUT2D eigenvalue weighted by atomic mass is 79.9. The van der Waals surface area contributed by atoms with Crippen molar-refractivity contribution in [3.63, 3.8) is 0 Å². The number of aryl methyl sites for hydroxylation is 1. The fourth-order valence-corrected chi connectivity index (χ4v) is 4.49. The van der Waals surface area contributed by atoms with Gasteiger partial charge in [0.15, 0.2) is 5.82 Å². The quantitative estimate of drug-likeness (QED) is 0.688. The summed E-state index contributed by atoms with van der Waals surface area (Å²) >= 11 is 3.42. The number of hydrogen-bond acceptors (Lipinski definition) is 6. The Balaban J connectivity index is 1.27. The second kappa shape index (κ2) is 9.17. The predicted molar refractivity (Wildman–Crippen MR) is 115 cm³/mol. The Morgan fingerprint density at radius 3 is 2.71 bits per heavy atom. The molecule has 4 rings (SSSR count). The minimum absolute atomic E-state index is 0.00830. The molecule has 3 amide bonds. The SMILES string of the molecule is Cc1noc(CNC(=O)C2CCN(C(=O)C3CC(=O)N(c4cccc(Br)c4)C3)CC2)n1. The molecular weight excluding hydrogens is 466 g/mol. The number of benzene rings is 1. The highest BCUT2D eigenvalue weighted by Crippen LogP contribution is 2.29. The van der Waals surface area contributed by atoms with Crippen molar-refractivity contribution in [1.29, 1.82) is 0 Å². The number of nitrogens with one attached hydrogen (secondary N) is 1. The first-order valence-corrected chi connectivity index (χ1v) is 11.1. The van der Waals surface area contributed by atoms with Crippen LogP contribution >= 0.6 is 15.9 Å². The van der Waals surface area contributed by atoms with Gasteiger partial charge >= 0.3 is 0 Å².